The third kappa shape index (κ3) is 5.41. The van der Waals surface area contributed by atoms with Crippen molar-refractivity contribution in [3.05, 3.63) is 29.6 Å². The molecule has 0 bridgehead atoms. The lowest BCUT2D eigenvalue weighted by molar-refractivity contribution is -0.145. The van der Waals surface area contributed by atoms with E-state index in [2.05, 4.69) is 4.98 Å². The Morgan fingerprint density at radius 1 is 1.26 bits per heavy atom. The van der Waals surface area contributed by atoms with Gasteiger partial charge in [-0.2, -0.15) is 13.2 Å². The topological polar surface area (TPSA) is 90.8 Å². The molecule has 0 saturated carbocycles. The number of carboxylic acids is 1. The van der Waals surface area contributed by atoms with Crippen LogP contribution in [0, 0.1) is 0 Å². The lowest BCUT2D eigenvalue weighted by Crippen LogP contribution is -2.43. The zero-order valence-electron chi connectivity index (χ0n) is 14.7. The van der Waals surface area contributed by atoms with Crippen molar-refractivity contribution in [1.82, 2.24) is 14.8 Å². The molecular weight excluding hydrogens is 367 g/mol. The highest BCUT2D eigenvalue weighted by Gasteiger charge is 2.33. The molecule has 2 rings (SSSR count). The highest BCUT2D eigenvalue weighted by Crippen LogP contribution is 2.27. The number of carbonyl (C=O) groups is 3. The summed E-state index contributed by atoms with van der Waals surface area (Å²) >= 11 is 0. The number of hydrogen-bond acceptors (Lipinski definition) is 4. The molecule has 1 fully saturated rings. The molecule has 1 aliphatic heterocycles. The largest absolute Gasteiger partial charge is 0.480 e. The molecule has 1 atom stereocenters. The second kappa shape index (κ2) is 8.36. The van der Waals surface area contributed by atoms with E-state index in [-0.39, 0.29) is 24.1 Å². The van der Waals surface area contributed by atoms with Gasteiger partial charge in [0.15, 0.2) is 0 Å². The van der Waals surface area contributed by atoms with Crippen molar-refractivity contribution >= 4 is 17.8 Å². The Morgan fingerprint density at radius 3 is 2.48 bits per heavy atom. The Kier molecular flexibility index (Phi) is 6.40. The van der Waals surface area contributed by atoms with Crippen LogP contribution in [-0.4, -0.2) is 63.4 Å². The highest BCUT2D eigenvalue weighted by molar-refractivity contribution is 5.94. The van der Waals surface area contributed by atoms with Gasteiger partial charge in [0.25, 0.3) is 5.91 Å². The van der Waals surface area contributed by atoms with Gasteiger partial charge < -0.3 is 14.9 Å². The van der Waals surface area contributed by atoms with Crippen molar-refractivity contribution < 1.29 is 32.7 Å². The summed E-state index contributed by atoms with van der Waals surface area (Å²) in [6.45, 7) is 1.53. The van der Waals surface area contributed by atoms with Gasteiger partial charge in [0, 0.05) is 32.3 Å². The van der Waals surface area contributed by atoms with E-state index in [1.54, 1.807) is 0 Å². The fourth-order valence-corrected chi connectivity index (χ4v) is 3.11. The summed E-state index contributed by atoms with van der Waals surface area (Å²) in [5.41, 5.74) is -1.02. The molecule has 2 heterocycles. The first kappa shape index (κ1) is 20.7. The summed E-state index contributed by atoms with van der Waals surface area (Å²) in [5.74, 6) is -1.91. The van der Waals surface area contributed by atoms with Crippen LogP contribution in [0.2, 0.25) is 0 Å². The smallest absolute Gasteiger partial charge is 0.433 e. The number of nitrogens with zero attached hydrogens (tertiary/aromatic N) is 3. The number of carbonyl (C=O) groups excluding carboxylic acids is 2. The molecule has 2 amide bonds. The van der Waals surface area contributed by atoms with Gasteiger partial charge in [0.2, 0.25) is 5.91 Å². The molecule has 1 saturated heterocycles. The Balaban J connectivity index is 2.05. The van der Waals surface area contributed by atoms with Crippen LogP contribution in [0.5, 0.6) is 0 Å². The quantitative estimate of drug-likeness (QED) is 0.854. The first-order valence-electron chi connectivity index (χ1n) is 8.41. The molecule has 0 spiro atoms. The van der Waals surface area contributed by atoms with Crippen LogP contribution in [0.3, 0.4) is 0 Å². The molecule has 1 N–H and O–H groups in total. The molecule has 27 heavy (non-hydrogen) atoms. The molecule has 7 nitrogen and oxygen atoms in total. The summed E-state index contributed by atoms with van der Waals surface area (Å²) in [7, 11) is 0. The number of alkyl halides is 3. The number of halogens is 3. The van der Waals surface area contributed by atoms with Gasteiger partial charge in [-0.05, 0) is 31.4 Å². The number of hydrogen-bond donors (Lipinski definition) is 1. The minimum Gasteiger partial charge on any atom is -0.480 e. The number of amides is 2. The second-order valence-corrected chi connectivity index (χ2v) is 6.35. The van der Waals surface area contributed by atoms with Gasteiger partial charge in [-0.1, -0.05) is 0 Å². The summed E-state index contributed by atoms with van der Waals surface area (Å²) in [4.78, 5) is 41.3. The van der Waals surface area contributed by atoms with Gasteiger partial charge in [0.1, 0.15) is 12.2 Å². The van der Waals surface area contributed by atoms with Crippen molar-refractivity contribution in [1.29, 1.82) is 0 Å². The van der Waals surface area contributed by atoms with E-state index in [0.717, 1.165) is 18.3 Å². The number of aromatic nitrogens is 1. The normalized spacial score (nSPS) is 17.9. The fourth-order valence-electron chi connectivity index (χ4n) is 3.11. The summed E-state index contributed by atoms with van der Waals surface area (Å²) in [6, 6.07) is 1.55. The molecule has 1 aromatic heterocycles. The Labute approximate surface area is 153 Å². The number of rotatable bonds is 4. The third-order valence-corrected chi connectivity index (χ3v) is 4.44. The van der Waals surface area contributed by atoms with E-state index >= 15 is 0 Å². The van der Waals surface area contributed by atoms with Crippen LogP contribution < -0.4 is 0 Å². The number of aliphatic carboxylic acids is 1. The van der Waals surface area contributed by atoms with E-state index in [1.807, 2.05) is 0 Å². The van der Waals surface area contributed by atoms with Crippen molar-refractivity contribution in [2.24, 2.45) is 0 Å². The summed E-state index contributed by atoms with van der Waals surface area (Å²) in [5, 5.41) is 8.96. The van der Waals surface area contributed by atoms with Crippen molar-refractivity contribution in [2.45, 2.75) is 38.4 Å². The van der Waals surface area contributed by atoms with Gasteiger partial charge in [-0.3, -0.25) is 19.4 Å². The predicted molar refractivity (Wildman–Crippen MR) is 87.8 cm³/mol. The summed E-state index contributed by atoms with van der Waals surface area (Å²) in [6.07, 6.45) is -2.18. The molecule has 10 heteroatoms. The number of carboxylic acid groups (broad SMARTS) is 1. The van der Waals surface area contributed by atoms with Crippen LogP contribution in [0.1, 0.15) is 42.2 Å². The average Bonchev–Trinajstić information content (AvgIpc) is 2.84. The van der Waals surface area contributed by atoms with Crippen molar-refractivity contribution in [2.75, 3.05) is 19.6 Å². The van der Waals surface area contributed by atoms with E-state index in [0.29, 0.717) is 25.8 Å². The molecule has 0 radical (unpaired) electrons. The van der Waals surface area contributed by atoms with Gasteiger partial charge in [-0.15, -0.1) is 0 Å². The SMILES string of the molecule is CC(=O)N(CC(=O)O)C1CCCN(C(=O)c2ccc(C(F)(F)F)nc2)CC1. The zero-order valence-corrected chi connectivity index (χ0v) is 14.7. The Bertz CT molecular complexity index is 706. The fraction of sp³-hybridized carbons (Fsp3) is 0.529. The minimum absolute atomic E-state index is 0.0513. The van der Waals surface area contributed by atoms with Gasteiger partial charge >= 0.3 is 12.1 Å². The molecule has 1 aliphatic rings. The van der Waals surface area contributed by atoms with Crippen LogP contribution in [-0.2, 0) is 15.8 Å². The minimum atomic E-state index is -4.57. The maximum Gasteiger partial charge on any atom is 0.433 e. The number of pyridine rings is 1. The van der Waals surface area contributed by atoms with E-state index in [1.165, 1.54) is 16.7 Å². The monoisotopic (exact) mass is 387 g/mol. The lowest BCUT2D eigenvalue weighted by Gasteiger charge is -2.28. The zero-order chi connectivity index (χ0) is 20.2. The number of likely N-dealkylation sites (tertiary alicyclic amines) is 1. The van der Waals surface area contributed by atoms with Gasteiger partial charge in [-0.25, -0.2) is 0 Å². The molecule has 1 unspecified atom stereocenters. The summed E-state index contributed by atoms with van der Waals surface area (Å²) < 4.78 is 37.7. The van der Waals surface area contributed by atoms with E-state index in [4.69, 9.17) is 5.11 Å². The lowest BCUT2D eigenvalue weighted by atomic mass is 10.1. The Morgan fingerprint density at radius 2 is 1.96 bits per heavy atom. The molecule has 0 aliphatic carbocycles. The first-order valence-corrected chi connectivity index (χ1v) is 8.41. The van der Waals surface area contributed by atoms with Gasteiger partial charge in [0.05, 0.1) is 5.56 Å². The van der Waals surface area contributed by atoms with Crippen LogP contribution >= 0.6 is 0 Å². The van der Waals surface area contributed by atoms with Crippen LogP contribution in [0.25, 0.3) is 0 Å². The molecule has 0 aromatic carbocycles. The van der Waals surface area contributed by atoms with Crippen molar-refractivity contribution in [3.63, 3.8) is 0 Å². The Hall–Kier alpha value is -2.65. The highest BCUT2D eigenvalue weighted by atomic mass is 19.4. The van der Waals surface area contributed by atoms with E-state index in [9.17, 15) is 27.6 Å². The maximum absolute atomic E-state index is 12.6. The standard InChI is InChI=1S/C17H20F3N3O4/c1-11(24)23(10-15(25)26)13-3-2-7-22(8-6-13)16(27)12-4-5-14(21-9-12)17(18,19)20/h4-5,9,13H,2-3,6-8,10H2,1H3,(H,25,26). The third-order valence-electron chi connectivity index (χ3n) is 4.44. The second-order valence-electron chi connectivity index (χ2n) is 6.35. The predicted octanol–water partition coefficient (Wildman–Crippen LogP) is 2.03. The first-order chi connectivity index (χ1) is 12.6. The molecule has 1 aromatic rings. The van der Waals surface area contributed by atoms with Crippen LogP contribution in [0.15, 0.2) is 18.3 Å². The van der Waals surface area contributed by atoms with Crippen LogP contribution in [0.4, 0.5) is 13.2 Å². The maximum atomic E-state index is 12.6. The van der Waals surface area contributed by atoms with E-state index < -0.39 is 30.3 Å². The average molecular weight is 387 g/mol. The molecular formula is C17H20F3N3O4. The molecule has 148 valence electrons. The van der Waals surface area contributed by atoms with Crippen molar-refractivity contribution in [3.8, 4) is 0 Å².